The fourth-order valence-electron chi connectivity index (χ4n) is 2.24. The second-order valence-electron chi connectivity index (χ2n) is 4.50. The predicted octanol–water partition coefficient (Wildman–Crippen LogP) is -1.75. The molecular weight excluding hydrogens is 286 g/mol. The zero-order valence-electron chi connectivity index (χ0n) is 10.2. The molecule has 0 radical (unpaired) electrons. The van der Waals surface area contributed by atoms with E-state index in [1.54, 1.807) is 0 Å². The predicted molar refractivity (Wildman–Crippen MR) is 72.3 cm³/mol. The second-order valence-corrected chi connectivity index (χ2v) is 4.87. The number of ether oxygens (including phenoxy) is 1. The summed E-state index contributed by atoms with van der Waals surface area (Å²) in [5.74, 6) is 0.181. The third-order valence-corrected chi connectivity index (χ3v) is 3.60. The molecule has 0 amide bonds. The molecule has 20 heavy (non-hydrogen) atoms. The van der Waals surface area contributed by atoms with Gasteiger partial charge in [-0.2, -0.15) is 17.6 Å². The van der Waals surface area contributed by atoms with Gasteiger partial charge in [0.15, 0.2) is 17.4 Å². The summed E-state index contributed by atoms with van der Waals surface area (Å²) < 4.78 is 6.89. The SMILES string of the molecule is Nc1nc2c(ncn2[C@@H]2O[C@H](CS)[C@@H](O)[C@H]2O)c(=O)[nH]1. The number of nitrogens with one attached hydrogen (secondary N) is 1. The van der Waals surface area contributed by atoms with Gasteiger partial charge >= 0.3 is 0 Å². The van der Waals surface area contributed by atoms with E-state index in [2.05, 4.69) is 27.6 Å². The van der Waals surface area contributed by atoms with E-state index in [1.807, 2.05) is 0 Å². The van der Waals surface area contributed by atoms with Crippen LogP contribution >= 0.6 is 12.6 Å². The first-order valence-corrected chi connectivity index (χ1v) is 6.51. The van der Waals surface area contributed by atoms with E-state index in [0.29, 0.717) is 0 Å². The number of nitrogen functional groups attached to an aromatic ring is 1. The highest BCUT2D eigenvalue weighted by molar-refractivity contribution is 7.80. The number of aliphatic hydroxyl groups excluding tert-OH is 2. The standard InChI is InChI=1S/C10H13N5O4S/c11-10-13-7-4(8(18)14-10)12-2-15(7)9-6(17)5(16)3(1-20)19-9/h2-3,5-6,9,16-17,20H,1H2,(H3,11,13,14,18)/t3-,5-,6-,9-/m1/s1. The average molecular weight is 299 g/mol. The van der Waals surface area contributed by atoms with Gasteiger partial charge in [0.1, 0.15) is 12.2 Å². The van der Waals surface area contributed by atoms with Crippen molar-refractivity contribution >= 4 is 29.7 Å². The Hall–Kier alpha value is -1.62. The molecule has 2 aromatic heterocycles. The van der Waals surface area contributed by atoms with Gasteiger partial charge in [-0.25, -0.2) is 4.98 Å². The molecule has 0 bridgehead atoms. The first kappa shape index (κ1) is 13.4. The van der Waals surface area contributed by atoms with Gasteiger partial charge in [-0.05, 0) is 0 Å². The molecule has 9 nitrogen and oxygen atoms in total. The quantitative estimate of drug-likeness (QED) is 0.414. The van der Waals surface area contributed by atoms with Crippen molar-refractivity contribution in [3.63, 3.8) is 0 Å². The molecule has 10 heteroatoms. The molecule has 1 aliphatic heterocycles. The summed E-state index contributed by atoms with van der Waals surface area (Å²) in [6.45, 7) is 0. The smallest absolute Gasteiger partial charge is 0.280 e. The van der Waals surface area contributed by atoms with Gasteiger partial charge in [0.2, 0.25) is 5.95 Å². The van der Waals surface area contributed by atoms with Crippen molar-refractivity contribution < 1.29 is 14.9 Å². The highest BCUT2D eigenvalue weighted by atomic mass is 32.1. The van der Waals surface area contributed by atoms with Crippen molar-refractivity contribution in [3.8, 4) is 0 Å². The van der Waals surface area contributed by atoms with Crippen LogP contribution in [0.25, 0.3) is 11.2 Å². The Labute approximate surface area is 117 Å². The summed E-state index contributed by atoms with van der Waals surface area (Å²) in [6.07, 6.45) is -2.45. The van der Waals surface area contributed by atoms with Crippen LogP contribution in [-0.2, 0) is 4.74 Å². The fraction of sp³-hybridized carbons (Fsp3) is 0.500. The summed E-state index contributed by atoms with van der Waals surface area (Å²) in [4.78, 5) is 21.9. The Morgan fingerprint density at radius 2 is 2.25 bits per heavy atom. The number of fused-ring (bicyclic) bond motifs is 1. The molecule has 0 aromatic carbocycles. The zero-order chi connectivity index (χ0) is 14.4. The molecule has 1 saturated heterocycles. The fourth-order valence-corrected chi connectivity index (χ4v) is 2.54. The molecule has 0 spiro atoms. The molecule has 3 rings (SSSR count). The third kappa shape index (κ3) is 1.88. The highest BCUT2D eigenvalue weighted by Crippen LogP contribution is 2.31. The van der Waals surface area contributed by atoms with Crippen LogP contribution in [-0.4, -0.2) is 53.8 Å². The lowest BCUT2D eigenvalue weighted by Crippen LogP contribution is -2.32. The van der Waals surface area contributed by atoms with Crippen LogP contribution < -0.4 is 11.3 Å². The average Bonchev–Trinajstić information content (AvgIpc) is 2.93. The Morgan fingerprint density at radius 1 is 1.50 bits per heavy atom. The Kier molecular flexibility index (Phi) is 3.17. The molecule has 0 saturated carbocycles. The van der Waals surface area contributed by atoms with E-state index >= 15 is 0 Å². The minimum absolute atomic E-state index is 0.0666. The Balaban J connectivity index is 2.09. The van der Waals surface area contributed by atoms with Gasteiger partial charge in [0.25, 0.3) is 5.56 Å². The van der Waals surface area contributed by atoms with Crippen LogP contribution in [0.1, 0.15) is 6.23 Å². The summed E-state index contributed by atoms with van der Waals surface area (Å²) >= 11 is 4.05. The number of hydrogen-bond donors (Lipinski definition) is 5. The van der Waals surface area contributed by atoms with Crippen LogP contribution in [0.3, 0.4) is 0 Å². The van der Waals surface area contributed by atoms with E-state index in [4.69, 9.17) is 10.5 Å². The molecule has 0 aliphatic carbocycles. The van der Waals surface area contributed by atoms with Crippen LogP contribution in [0.4, 0.5) is 5.95 Å². The first-order valence-electron chi connectivity index (χ1n) is 5.87. The van der Waals surface area contributed by atoms with Crippen molar-refractivity contribution in [2.45, 2.75) is 24.5 Å². The number of imidazole rings is 1. The maximum atomic E-state index is 11.7. The number of nitrogens with zero attached hydrogens (tertiary/aromatic N) is 3. The number of hydrogen-bond acceptors (Lipinski definition) is 8. The van der Waals surface area contributed by atoms with E-state index in [1.165, 1.54) is 10.9 Å². The summed E-state index contributed by atoms with van der Waals surface area (Å²) in [7, 11) is 0. The number of thiol groups is 1. The lowest BCUT2D eigenvalue weighted by molar-refractivity contribution is -0.0288. The number of anilines is 1. The molecule has 1 fully saturated rings. The number of aromatic amines is 1. The van der Waals surface area contributed by atoms with Crippen molar-refractivity contribution in [1.29, 1.82) is 0 Å². The number of rotatable bonds is 2. The monoisotopic (exact) mass is 299 g/mol. The van der Waals surface area contributed by atoms with Crippen molar-refractivity contribution in [2.75, 3.05) is 11.5 Å². The minimum Gasteiger partial charge on any atom is -0.387 e. The molecule has 1 aliphatic rings. The maximum absolute atomic E-state index is 11.7. The molecule has 2 aromatic rings. The molecule has 108 valence electrons. The second kappa shape index (κ2) is 4.74. The summed E-state index contributed by atoms with van der Waals surface area (Å²) in [5, 5.41) is 19.9. The van der Waals surface area contributed by atoms with Gasteiger partial charge in [0.05, 0.1) is 12.4 Å². The van der Waals surface area contributed by atoms with Crippen LogP contribution in [0.15, 0.2) is 11.1 Å². The maximum Gasteiger partial charge on any atom is 0.280 e. The van der Waals surface area contributed by atoms with Crippen LogP contribution in [0.2, 0.25) is 0 Å². The van der Waals surface area contributed by atoms with E-state index < -0.39 is 30.1 Å². The van der Waals surface area contributed by atoms with Crippen molar-refractivity contribution in [1.82, 2.24) is 19.5 Å². The van der Waals surface area contributed by atoms with Gasteiger partial charge in [-0.1, -0.05) is 0 Å². The topological polar surface area (TPSA) is 139 Å². The Bertz CT molecular complexity index is 701. The molecule has 4 atom stereocenters. The van der Waals surface area contributed by atoms with Crippen molar-refractivity contribution in [3.05, 3.63) is 16.7 Å². The highest BCUT2D eigenvalue weighted by Gasteiger charge is 2.43. The van der Waals surface area contributed by atoms with E-state index in [0.717, 1.165) is 0 Å². The van der Waals surface area contributed by atoms with Gasteiger partial charge in [-0.3, -0.25) is 14.3 Å². The van der Waals surface area contributed by atoms with Gasteiger partial charge in [-0.15, -0.1) is 0 Å². The number of aliphatic hydroxyl groups is 2. The normalized spacial score (nSPS) is 30.1. The van der Waals surface area contributed by atoms with Crippen LogP contribution in [0.5, 0.6) is 0 Å². The lowest BCUT2D eigenvalue weighted by Gasteiger charge is -2.16. The van der Waals surface area contributed by atoms with Gasteiger partial charge < -0.3 is 20.7 Å². The first-order chi connectivity index (χ1) is 9.52. The molecule has 0 unspecified atom stereocenters. The zero-order valence-corrected chi connectivity index (χ0v) is 11.1. The number of H-pyrrole nitrogens is 1. The molecule has 3 heterocycles. The number of nitrogens with two attached hydrogens (primary N) is 1. The molecule has 5 N–H and O–H groups in total. The summed E-state index contributed by atoms with van der Waals surface area (Å²) in [6, 6.07) is 0. The molecular formula is C10H13N5O4S. The Morgan fingerprint density at radius 3 is 2.90 bits per heavy atom. The number of aromatic nitrogens is 4. The van der Waals surface area contributed by atoms with E-state index in [-0.39, 0.29) is 22.9 Å². The van der Waals surface area contributed by atoms with Gasteiger partial charge in [0, 0.05) is 5.75 Å². The lowest BCUT2D eigenvalue weighted by atomic mass is 10.1. The third-order valence-electron chi connectivity index (χ3n) is 3.24. The van der Waals surface area contributed by atoms with Crippen molar-refractivity contribution in [2.24, 2.45) is 0 Å². The largest absolute Gasteiger partial charge is 0.387 e. The minimum atomic E-state index is -1.17. The van der Waals surface area contributed by atoms with Crippen LogP contribution in [0, 0.1) is 0 Å². The van der Waals surface area contributed by atoms with E-state index in [9.17, 15) is 15.0 Å². The summed E-state index contributed by atoms with van der Waals surface area (Å²) in [5.41, 5.74) is 5.28.